The lowest BCUT2D eigenvalue weighted by molar-refractivity contribution is -0.147. The molecule has 0 aliphatic carbocycles. The van der Waals surface area contributed by atoms with E-state index in [2.05, 4.69) is 5.32 Å². The van der Waals surface area contributed by atoms with E-state index in [1.165, 1.54) is 0 Å². The Balaban J connectivity index is 4.39. The summed E-state index contributed by atoms with van der Waals surface area (Å²) >= 11 is 0. The number of nitrogens with one attached hydrogen (secondary N) is 1. The van der Waals surface area contributed by atoms with Crippen LogP contribution in [0.25, 0.3) is 0 Å². The zero-order valence-corrected chi connectivity index (χ0v) is 9.84. The van der Waals surface area contributed by atoms with Crippen molar-refractivity contribution in [1.29, 1.82) is 0 Å². The Kier molecular flexibility index (Phi) is 6.19. The van der Waals surface area contributed by atoms with Gasteiger partial charge in [0.1, 0.15) is 6.04 Å². The first kappa shape index (κ1) is 15.4. The molecule has 0 aromatic carbocycles. The average Bonchev–Trinajstić information content (AvgIpc) is 2.14. The standard InChI is InChI=1S/C10H18N2O5/c1-5(2)3-6(11)9(15)12-7(10(16)17)4-8(13)14/h5-7H,3-4,11H2,1-2H3,(H,12,15)(H,13,14)(H,16,17)/t6-,7-/m1/s1. The molecule has 0 radical (unpaired) electrons. The maximum Gasteiger partial charge on any atom is 0.326 e. The Morgan fingerprint density at radius 2 is 1.76 bits per heavy atom. The van der Waals surface area contributed by atoms with Gasteiger partial charge in [-0.3, -0.25) is 9.59 Å². The highest BCUT2D eigenvalue weighted by Crippen LogP contribution is 2.03. The van der Waals surface area contributed by atoms with Crippen LogP contribution in [0.2, 0.25) is 0 Å². The number of carbonyl (C=O) groups excluding carboxylic acids is 1. The molecule has 0 aliphatic heterocycles. The number of hydrogen-bond donors (Lipinski definition) is 4. The Morgan fingerprint density at radius 3 is 2.12 bits per heavy atom. The molecule has 98 valence electrons. The van der Waals surface area contributed by atoms with Crippen LogP contribution in [-0.2, 0) is 14.4 Å². The predicted octanol–water partition coefficient (Wildman–Crippen LogP) is -0.596. The number of aliphatic carboxylic acids is 2. The van der Waals surface area contributed by atoms with Crippen LogP contribution in [0.4, 0.5) is 0 Å². The minimum atomic E-state index is -1.45. The summed E-state index contributed by atoms with van der Waals surface area (Å²) in [5, 5.41) is 19.3. The van der Waals surface area contributed by atoms with Crippen LogP contribution in [0.15, 0.2) is 0 Å². The maximum absolute atomic E-state index is 11.5. The first-order valence-corrected chi connectivity index (χ1v) is 5.24. The first-order valence-electron chi connectivity index (χ1n) is 5.24. The normalized spacial score (nSPS) is 14.1. The second-order valence-corrected chi connectivity index (χ2v) is 4.23. The van der Waals surface area contributed by atoms with Gasteiger partial charge in [0, 0.05) is 0 Å². The number of rotatable bonds is 7. The number of carboxylic acid groups (broad SMARTS) is 2. The third-order valence-corrected chi connectivity index (χ3v) is 2.06. The monoisotopic (exact) mass is 246 g/mol. The topological polar surface area (TPSA) is 130 Å². The summed E-state index contributed by atoms with van der Waals surface area (Å²) in [6.45, 7) is 3.75. The van der Waals surface area contributed by atoms with Crippen molar-refractivity contribution in [2.45, 2.75) is 38.8 Å². The van der Waals surface area contributed by atoms with Crippen molar-refractivity contribution in [1.82, 2.24) is 5.32 Å². The van der Waals surface area contributed by atoms with Gasteiger partial charge in [-0.15, -0.1) is 0 Å². The second kappa shape index (κ2) is 6.85. The van der Waals surface area contributed by atoms with Gasteiger partial charge in [0.2, 0.25) is 5.91 Å². The first-order chi connectivity index (χ1) is 7.73. The molecule has 0 aromatic rings. The van der Waals surface area contributed by atoms with Crippen LogP contribution >= 0.6 is 0 Å². The van der Waals surface area contributed by atoms with Crippen LogP contribution in [0.1, 0.15) is 26.7 Å². The van der Waals surface area contributed by atoms with Crippen LogP contribution in [0, 0.1) is 5.92 Å². The number of hydrogen-bond acceptors (Lipinski definition) is 4. The van der Waals surface area contributed by atoms with Gasteiger partial charge in [0.05, 0.1) is 12.5 Å². The molecule has 0 saturated carbocycles. The third kappa shape index (κ3) is 6.52. The molecule has 0 heterocycles. The van der Waals surface area contributed by atoms with Gasteiger partial charge in [0.25, 0.3) is 0 Å². The number of amides is 1. The fourth-order valence-electron chi connectivity index (χ4n) is 1.27. The van der Waals surface area contributed by atoms with Crippen molar-refractivity contribution in [3.8, 4) is 0 Å². The predicted molar refractivity (Wildman–Crippen MR) is 59.2 cm³/mol. The van der Waals surface area contributed by atoms with Crippen LogP contribution in [0.3, 0.4) is 0 Å². The Hall–Kier alpha value is -1.63. The second-order valence-electron chi connectivity index (χ2n) is 4.23. The largest absolute Gasteiger partial charge is 0.481 e. The molecule has 0 rings (SSSR count). The highest BCUT2D eigenvalue weighted by molar-refractivity contribution is 5.89. The highest BCUT2D eigenvalue weighted by Gasteiger charge is 2.25. The smallest absolute Gasteiger partial charge is 0.326 e. The fraction of sp³-hybridized carbons (Fsp3) is 0.700. The molecule has 0 spiro atoms. The van der Waals surface area contributed by atoms with E-state index in [4.69, 9.17) is 15.9 Å². The maximum atomic E-state index is 11.5. The molecular weight excluding hydrogens is 228 g/mol. The van der Waals surface area contributed by atoms with E-state index in [0.717, 1.165) is 0 Å². The molecule has 7 heteroatoms. The van der Waals surface area contributed by atoms with Crippen molar-refractivity contribution >= 4 is 17.8 Å². The van der Waals surface area contributed by atoms with Crippen molar-refractivity contribution in [2.75, 3.05) is 0 Å². The Labute approximate surface area is 99.0 Å². The average molecular weight is 246 g/mol. The van der Waals surface area contributed by atoms with Gasteiger partial charge in [-0.25, -0.2) is 4.79 Å². The lowest BCUT2D eigenvalue weighted by Crippen LogP contribution is -2.49. The van der Waals surface area contributed by atoms with Crippen molar-refractivity contribution in [2.24, 2.45) is 11.7 Å². The van der Waals surface area contributed by atoms with Gasteiger partial charge >= 0.3 is 11.9 Å². The van der Waals surface area contributed by atoms with Gasteiger partial charge in [0.15, 0.2) is 0 Å². The van der Waals surface area contributed by atoms with Crippen LogP contribution in [-0.4, -0.2) is 40.1 Å². The summed E-state index contributed by atoms with van der Waals surface area (Å²) in [6, 6.07) is -2.27. The molecule has 5 N–H and O–H groups in total. The Bertz CT molecular complexity index is 303. The van der Waals surface area contributed by atoms with Gasteiger partial charge in [-0.2, -0.15) is 0 Å². The molecule has 1 amide bonds. The summed E-state index contributed by atoms with van der Waals surface area (Å²) in [7, 11) is 0. The summed E-state index contributed by atoms with van der Waals surface area (Å²) < 4.78 is 0. The molecule has 17 heavy (non-hydrogen) atoms. The molecule has 0 saturated heterocycles. The zero-order chi connectivity index (χ0) is 13.6. The molecule has 0 unspecified atom stereocenters. The summed E-state index contributed by atoms with van der Waals surface area (Å²) in [5.74, 6) is -3.14. The number of carboxylic acids is 2. The molecule has 0 fully saturated rings. The van der Waals surface area contributed by atoms with E-state index in [1.54, 1.807) is 0 Å². The van der Waals surface area contributed by atoms with Crippen molar-refractivity contribution < 1.29 is 24.6 Å². The van der Waals surface area contributed by atoms with Gasteiger partial charge < -0.3 is 21.3 Å². The van der Waals surface area contributed by atoms with E-state index >= 15 is 0 Å². The molecular formula is C10H18N2O5. The number of carbonyl (C=O) groups is 3. The van der Waals surface area contributed by atoms with E-state index in [-0.39, 0.29) is 5.92 Å². The lowest BCUT2D eigenvalue weighted by Gasteiger charge is -2.17. The SMILES string of the molecule is CC(C)C[C@@H](N)C(=O)N[C@H](CC(=O)O)C(=O)O. The van der Waals surface area contributed by atoms with Crippen LogP contribution in [0.5, 0.6) is 0 Å². The van der Waals surface area contributed by atoms with Crippen molar-refractivity contribution in [3.63, 3.8) is 0 Å². The molecule has 0 aliphatic rings. The number of nitrogens with two attached hydrogens (primary N) is 1. The zero-order valence-electron chi connectivity index (χ0n) is 9.84. The summed E-state index contributed by atoms with van der Waals surface area (Å²) in [5.41, 5.74) is 5.54. The van der Waals surface area contributed by atoms with E-state index in [1.807, 2.05) is 13.8 Å². The fourth-order valence-corrected chi connectivity index (χ4v) is 1.27. The summed E-state index contributed by atoms with van der Waals surface area (Å²) in [6.07, 6.45) is -0.263. The molecule has 0 aromatic heterocycles. The van der Waals surface area contributed by atoms with E-state index in [9.17, 15) is 14.4 Å². The minimum absolute atomic E-state index is 0.193. The molecule has 0 bridgehead atoms. The van der Waals surface area contributed by atoms with E-state index < -0.39 is 36.4 Å². The third-order valence-electron chi connectivity index (χ3n) is 2.06. The molecule has 7 nitrogen and oxygen atoms in total. The minimum Gasteiger partial charge on any atom is -0.481 e. The van der Waals surface area contributed by atoms with Crippen molar-refractivity contribution in [3.05, 3.63) is 0 Å². The van der Waals surface area contributed by atoms with E-state index in [0.29, 0.717) is 6.42 Å². The highest BCUT2D eigenvalue weighted by atomic mass is 16.4. The quantitative estimate of drug-likeness (QED) is 0.474. The van der Waals surface area contributed by atoms with Gasteiger partial charge in [-0.05, 0) is 12.3 Å². The Morgan fingerprint density at radius 1 is 1.24 bits per heavy atom. The van der Waals surface area contributed by atoms with Gasteiger partial charge in [-0.1, -0.05) is 13.8 Å². The lowest BCUT2D eigenvalue weighted by atomic mass is 10.0. The summed E-state index contributed by atoms with van der Waals surface area (Å²) in [4.78, 5) is 32.6. The molecule has 2 atom stereocenters. The van der Waals surface area contributed by atoms with Crippen LogP contribution < -0.4 is 11.1 Å².